The molecule has 3 rings (SSSR count). The molecule has 128 valence electrons. The molecular formula is C17H22N4O2S. The van der Waals surface area contributed by atoms with Gasteiger partial charge in [0, 0.05) is 37.8 Å². The summed E-state index contributed by atoms with van der Waals surface area (Å²) in [6, 6.07) is 7.27. The Morgan fingerprint density at radius 3 is 2.71 bits per heavy atom. The highest BCUT2D eigenvalue weighted by atomic mass is 32.1. The largest absolute Gasteiger partial charge is 0.495 e. The number of nitrogens with zero attached hydrogens (tertiary/aromatic N) is 3. The van der Waals surface area contributed by atoms with E-state index in [2.05, 4.69) is 20.1 Å². The van der Waals surface area contributed by atoms with E-state index in [1.165, 1.54) is 0 Å². The summed E-state index contributed by atoms with van der Waals surface area (Å²) < 4.78 is 5.29. The van der Waals surface area contributed by atoms with Gasteiger partial charge in [0.1, 0.15) is 5.75 Å². The molecule has 1 aromatic heterocycles. The van der Waals surface area contributed by atoms with Crippen molar-refractivity contribution in [2.45, 2.75) is 13.0 Å². The molecule has 1 amide bonds. The molecule has 24 heavy (non-hydrogen) atoms. The van der Waals surface area contributed by atoms with Gasteiger partial charge < -0.3 is 15.0 Å². The number of thiazole rings is 1. The molecule has 1 aliphatic rings. The summed E-state index contributed by atoms with van der Waals surface area (Å²) in [7, 11) is 1.60. The van der Waals surface area contributed by atoms with E-state index in [0.717, 1.165) is 31.3 Å². The van der Waals surface area contributed by atoms with Crippen LogP contribution < -0.4 is 15.0 Å². The van der Waals surface area contributed by atoms with E-state index in [9.17, 15) is 4.79 Å². The second kappa shape index (κ2) is 7.63. The number of piperazine rings is 1. The molecule has 1 fully saturated rings. The molecule has 2 aromatic rings. The van der Waals surface area contributed by atoms with Gasteiger partial charge >= 0.3 is 0 Å². The summed E-state index contributed by atoms with van der Waals surface area (Å²) in [5, 5.41) is 6.02. The van der Waals surface area contributed by atoms with Gasteiger partial charge in [0.25, 0.3) is 0 Å². The Morgan fingerprint density at radius 2 is 2.04 bits per heavy atom. The molecule has 1 saturated heterocycles. The fourth-order valence-corrected chi connectivity index (χ4v) is 3.52. The fourth-order valence-electron chi connectivity index (χ4n) is 2.82. The molecule has 1 aliphatic heterocycles. The van der Waals surface area contributed by atoms with Crippen LogP contribution >= 0.6 is 11.3 Å². The van der Waals surface area contributed by atoms with Crippen LogP contribution in [0.2, 0.25) is 0 Å². The standard InChI is InChI=1S/C17H22N4O2S/c1-13(16(22)19-14-5-3-4-6-15(14)23-2)20-8-10-21(11-9-20)17-18-7-12-24-17/h3-7,12-13H,8-11H2,1-2H3,(H,19,22). The maximum Gasteiger partial charge on any atom is 0.241 e. The SMILES string of the molecule is COc1ccccc1NC(=O)C(C)N1CCN(c2nccs2)CC1. The van der Waals surface area contributed by atoms with Gasteiger partial charge in [0.2, 0.25) is 5.91 Å². The minimum absolute atomic E-state index is 0.0119. The van der Waals surface area contributed by atoms with Crippen LogP contribution in [0.1, 0.15) is 6.92 Å². The Morgan fingerprint density at radius 1 is 1.29 bits per heavy atom. The maximum atomic E-state index is 12.6. The van der Waals surface area contributed by atoms with E-state index in [4.69, 9.17) is 4.74 Å². The van der Waals surface area contributed by atoms with Crippen molar-refractivity contribution in [1.29, 1.82) is 0 Å². The normalized spacial score (nSPS) is 16.7. The summed E-state index contributed by atoms with van der Waals surface area (Å²) >= 11 is 1.65. The third-order valence-electron chi connectivity index (χ3n) is 4.30. The summed E-state index contributed by atoms with van der Waals surface area (Å²) in [6.45, 7) is 5.42. The van der Waals surface area contributed by atoms with Crippen molar-refractivity contribution in [3.05, 3.63) is 35.8 Å². The highest BCUT2D eigenvalue weighted by Gasteiger charge is 2.26. The molecule has 1 unspecified atom stereocenters. The van der Waals surface area contributed by atoms with E-state index in [-0.39, 0.29) is 11.9 Å². The highest BCUT2D eigenvalue weighted by Crippen LogP contribution is 2.24. The lowest BCUT2D eigenvalue weighted by atomic mass is 10.2. The number of para-hydroxylation sites is 2. The Labute approximate surface area is 146 Å². The number of hydrogen-bond donors (Lipinski definition) is 1. The Kier molecular flexibility index (Phi) is 5.32. The molecule has 2 heterocycles. The minimum atomic E-state index is -0.187. The monoisotopic (exact) mass is 346 g/mol. The van der Waals surface area contributed by atoms with Crippen molar-refractivity contribution in [1.82, 2.24) is 9.88 Å². The van der Waals surface area contributed by atoms with Gasteiger partial charge in [-0.2, -0.15) is 0 Å². The Hall–Kier alpha value is -2.12. The third kappa shape index (κ3) is 3.68. The number of aromatic nitrogens is 1. The van der Waals surface area contributed by atoms with E-state index < -0.39 is 0 Å². The molecule has 6 nitrogen and oxygen atoms in total. The number of benzene rings is 1. The van der Waals surface area contributed by atoms with E-state index in [0.29, 0.717) is 11.4 Å². The van der Waals surface area contributed by atoms with Crippen LogP contribution in [-0.2, 0) is 4.79 Å². The molecule has 1 aromatic carbocycles. The van der Waals surface area contributed by atoms with Crippen LogP contribution in [0.5, 0.6) is 5.75 Å². The van der Waals surface area contributed by atoms with Gasteiger partial charge in [0.15, 0.2) is 5.13 Å². The lowest BCUT2D eigenvalue weighted by Gasteiger charge is -2.37. The average Bonchev–Trinajstić information content (AvgIpc) is 3.16. The molecule has 0 saturated carbocycles. The lowest BCUT2D eigenvalue weighted by molar-refractivity contribution is -0.120. The molecule has 1 N–H and O–H groups in total. The van der Waals surface area contributed by atoms with Crippen LogP contribution in [0, 0.1) is 0 Å². The summed E-state index contributed by atoms with van der Waals surface area (Å²) in [5.41, 5.74) is 0.707. The molecule has 0 spiro atoms. The number of methoxy groups -OCH3 is 1. The first-order valence-electron chi connectivity index (χ1n) is 8.01. The molecular weight excluding hydrogens is 324 g/mol. The zero-order chi connectivity index (χ0) is 16.9. The molecule has 0 aliphatic carbocycles. The number of ether oxygens (including phenoxy) is 1. The van der Waals surface area contributed by atoms with E-state index in [1.54, 1.807) is 18.4 Å². The van der Waals surface area contributed by atoms with Crippen molar-refractivity contribution >= 4 is 28.1 Å². The Bertz CT molecular complexity index is 669. The number of hydrogen-bond acceptors (Lipinski definition) is 6. The maximum absolute atomic E-state index is 12.6. The van der Waals surface area contributed by atoms with Gasteiger partial charge in [-0.15, -0.1) is 11.3 Å². The zero-order valence-electron chi connectivity index (χ0n) is 13.9. The molecule has 0 bridgehead atoms. The number of amides is 1. The topological polar surface area (TPSA) is 57.7 Å². The first-order valence-corrected chi connectivity index (χ1v) is 8.89. The van der Waals surface area contributed by atoms with Gasteiger partial charge in [-0.05, 0) is 19.1 Å². The van der Waals surface area contributed by atoms with Crippen molar-refractivity contribution in [3.63, 3.8) is 0 Å². The lowest BCUT2D eigenvalue weighted by Crippen LogP contribution is -2.52. The second-order valence-electron chi connectivity index (χ2n) is 5.70. The Balaban J connectivity index is 1.56. The first-order chi connectivity index (χ1) is 11.7. The van der Waals surface area contributed by atoms with Crippen LogP contribution in [0.15, 0.2) is 35.8 Å². The smallest absolute Gasteiger partial charge is 0.241 e. The fraction of sp³-hybridized carbons (Fsp3) is 0.412. The quantitative estimate of drug-likeness (QED) is 0.900. The van der Waals surface area contributed by atoms with Gasteiger partial charge in [-0.1, -0.05) is 12.1 Å². The number of carbonyl (C=O) groups excluding carboxylic acids is 1. The van der Waals surface area contributed by atoms with Crippen LogP contribution in [0.4, 0.5) is 10.8 Å². The molecule has 1 atom stereocenters. The minimum Gasteiger partial charge on any atom is -0.495 e. The van der Waals surface area contributed by atoms with Crippen molar-refractivity contribution in [3.8, 4) is 5.75 Å². The highest BCUT2D eigenvalue weighted by molar-refractivity contribution is 7.13. The van der Waals surface area contributed by atoms with Crippen LogP contribution in [-0.4, -0.2) is 55.1 Å². The predicted molar refractivity (Wildman–Crippen MR) is 97.0 cm³/mol. The summed E-state index contributed by atoms with van der Waals surface area (Å²) in [6.07, 6.45) is 1.83. The third-order valence-corrected chi connectivity index (χ3v) is 5.13. The van der Waals surface area contributed by atoms with E-state index in [1.807, 2.05) is 42.8 Å². The van der Waals surface area contributed by atoms with Gasteiger partial charge in [-0.3, -0.25) is 9.69 Å². The van der Waals surface area contributed by atoms with Crippen molar-refractivity contribution in [2.75, 3.05) is 43.5 Å². The zero-order valence-corrected chi connectivity index (χ0v) is 14.8. The van der Waals surface area contributed by atoms with E-state index >= 15 is 0 Å². The number of anilines is 2. The molecule has 7 heteroatoms. The van der Waals surface area contributed by atoms with Crippen molar-refractivity contribution < 1.29 is 9.53 Å². The van der Waals surface area contributed by atoms with Gasteiger partial charge in [0.05, 0.1) is 18.8 Å². The van der Waals surface area contributed by atoms with Gasteiger partial charge in [-0.25, -0.2) is 4.98 Å². The predicted octanol–water partition coefficient (Wildman–Crippen LogP) is 2.30. The second-order valence-corrected chi connectivity index (χ2v) is 6.58. The van der Waals surface area contributed by atoms with Crippen LogP contribution in [0.3, 0.4) is 0 Å². The molecule has 0 radical (unpaired) electrons. The number of rotatable bonds is 5. The first kappa shape index (κ1) is 16.7. The van der Waals surface area contributed by atoms with Crippen molar-refractivity contribution in [2.24, 2.45) is 0 Å². The average molecular weight is 346 g/mol. The summed E-state index contributed by atoms with van der Waals surface area (Å²) in [5.74, 6) is 0.661. The number of nitrogens with one attached hydrogen (secondary N) is 1. The number of carbonyl (C=O) groups is 1. The summed E-state index contributed by atoms with van der Waals surface area (Å²) in [4.78, 5) is 21.4. The van der Waals surface area contributed by atoms with Crippen LogP contribution in [0.25, 0.3) is 0 Å².